The number of unbranched alkanes of at least 4 members (excludes halogenated alkanes) is 7. The van der Waals surface area contributed by atoms with E-state index in [4.69, 9.17) is 23.7 Å². The standard InChI is InChI=1S/C37H45NO8/c1-2-3-4-5-6-7-8-12-27-42-31-17-15-30(16-18-31)35(39)44-32-19-21-33(22-20-32)45-37(41)46-34-23-25-38(26-24-34)36(40)43-28-29-13-10-9-11-14-29/h9-11,13-22,34H,2-8,12,23-28H2,1H3. The highest BCUT2D eigenvalue weighted by Crippen LogP contribution is 2.22. The number of rotatable bonds is 16. The van der Waals surface area contributed by atoms with E-state index in [1.165, 1.54) is 50.7 Å². The van der Waals surface area contributed by atoms with Crippen LogP contribution in [0.2, 0.25) is 0 Å². The van der Waals surface area contributed by atoms with Gasteiger partial charge in [-0.05, 0) is 60.5 Å². The lowest BCUT2D eigenvalue weighted by molar-refractivity contribution is 0.0208. The van der Waals surface area contributed by atoms with Gasteiger partial charge >= 0.3 is 18.2 Å². The van der Waals surface area contributed by atoms with E-state index >= 15 is 0 Å². The Morgan fingerprint density at radius 3 is 1.93 bits per heavy atom. The molecule has 1 fully saturated rings. The van der Waals surface area contributed by atoms with Crippen molar-refractivity contribution in [3.63, 3.8) is 0 Å². The van der Waals surface area contributed by atoms with Gasteiger partial charge in [-0.15, -0.1) is 0 Å². The molecule has 0 radical (unpaired) electrons. The molecule has 9 heteroatoms. The number of hydrogen-bond donors (Lipinski definition) is 0. The second-order valence-corrected chi connectivity index (χ2v) is 11.4. The fourth-order valence-corrected chi connectivity index (χ4v) is 5.08. The van der Waals surface area contributed by atoms with E-state index in [1.807, 2.05) is 30.3 Å². The van der Waals surface area contributed by atoms with Crippen LogP contribution >= 0.6 is 0 Å². The molecule has 0 spiro atoms. The molecule has 1 aliphatic heterocycles. The third kappa shape index (κ3) is 12.1. The van der Waals surface area contributed by atoms with Gasteiger partial charge in [0.25, 0.3) is 0 Å². The Labute approximate surface area is 271 Å². The average Bonchev–Trinajstić information content (AvgIpc) is 3.08. The molecule has 0 aromatic heterocycles. The highest BCUT2D eigenvalue weighted by atomic mass is 16.7. The third-order valence-corrected chi connectivity index (χ3v) is 7.76. The fourth-order valence-electron chi connectivity index (χ4n) is 5.08. The van der Waals surface area contributed by atoms with Crippen LogP contribution in [0.15, 0.2) is 78.9 Å². The summed E-state index contributed by atoms with van der Waals surface area (Å²) in [7, 11) is 0. The molecule has 0 aliphatic carbocycles. The van der Waals surface area contributed by atoms with Crippen LogP contribution in [0.4, 0.5) is 9.59 Å². The monoisotopic (exact) mass is 631 g/mol. The van der Waals surface area contributed by atoms with Crippen molar-refractivity contribution in [2.24, 2.45) is 0 Å². The molecule has 1 saturated heterocycles. The molecular formula is C37H45NO8. The average molecular weight is 632 g/mol. The van der Waals surface area contributed by atoms with Crippen LogP contribution < -0.4 is 14.2 Å². The molecule has 3 aromatic rings. The van der Waals surface area contributed by atoms with Crippen molar-refractivity contribution in [1.82, 2.24) is 4.90 Å². The first-order chi connectivity index (χ1) is 22.5. The van der Waals surface area contributed by atoms with Gasteiger partial charge in [-0.25, -0.2) is 14.4 Å². The predicted octanol–water partition coefficient (Wildman–Crippen LogP) is 8.74. The van der Waals surface area contributed by atoms with E-state index in [-0.39, 0.29) is 24.6 Å². The molecule has 1 amide bonds. The first-order valence-electron chi connectivity index (χ1n) is 16.4. The van der Waals surface area contributed by atoms with Crippen molar-refractivity contribution in [3.05, 3.63) is 90.0 Å². The quantitative estimate of drug-likeness (QED) is 0.0670. The Kier molecular flexibility index (Phi) is 14.3. The number of piperidine rings is 1. The van der Waals surface area contributed by atoms with E-state index < -0.39 is 12.1 Å². The van der Waals surface area contributed by atoms with E-state index in [9.17, 15) is 14.4 Å². The molecular weight excluding hydrogens is 586 g/mol. The Morgan fingerprint density at radius 1 is 0.696 bits per heavy atom. The molecule has 0 atom stereocenters. The van der Waals surface area contributed by atoms with Crippen LogP contribution in [0.1, 0.15) is 87.1 Å². The Bertz CT molecular complexity index is 1340. The van der Waals surface area contributed by atoms with Gasteiger partial charge in [0.1, 0.15) is 30.0 Å². The van der Waals surface area contributed by atoms with E-state index in [0.29, 0.717) is 43.9 Å². The van der Waals surface area contributed by atoms with Crippen LogP contribution in [0.3, 0.4) is 0 Å². The summed E-state index contributed by atoms with van der Waals surface area (Å²) >= 11 is 0. The molecule has 0 bridgehead atoms. The Morgan fingerprint density at radius 2 is 1.28 bits per heavy atom. The summed E-state index contributed by atoms with van der Waals surface area (Å²) in [6.07, 6.45) is 9.33. The summed E-state index contributed by atoms with van der Waals surface area (Å²) in [5.41, 5.74) is 1.32. The van der Waals surface area contributed by atoms with Crippen molar-refractivity contribution in [1.29, 1.82) is 0 Å². The molecule has 246 valence electrons. The third-order valence-electron chi connectivity index (χ3n) is 7.76. The minimum absolute atomic E-state index is 0.211. The number of ether oxygens (including phenoxy) is 5. The zero-order valence-corrected chi connectivity index (χ0v) is 26.7. The number of nitrogens with zero attached hydrogens (tertiary/aromatic N) is 1. The molecule has 0 N–H and O–H groups in total. The number of hydrogen-bond acceptors (Lipinski definition) is 8. The van der Waals surface area contributed by atoms with Crippen LogP contribution in [0.5, 0.6) is 17.2 Å². The van der Waals surface area contributed by atoms with Crippen molar-refractivity contribution in [2.75, 3.05) is 19.7 Å². The summed E-state index contributed by atoms with van der Waals surface area (Å²) in [5.74, 6) is 0.787. The lowest BCUT2D eigenvalue weighted by Crippen LogP contribution is -2.41. The molecule has 1 aliphatic rings. The smallest absolute Gasteiger partial charge is 0.494 e. The molecule has 9 nitrogen and oxygen atoms in total. The molecule has 3 aromatic carbocycles. The van der Waals surface area contributed by atoms with Gasteiger partial charge in [0.2, 0.25) is 0 Å². The Balaban J connectivity index is 1.10. The molecule has 4 rings (SSSR count). The Hall–Kier alpha value is -4.53. The first-order valence-corrected chi connectivity index (χ1v) is 16.4. The topological polar surface area (TPSA) is 101 Å². The van der Waals surface area contributed by atoms with Crippen molar-refractivity contribution < 1.29 is 38.1 Å². The van der Waals surface area contributed by atoms with Crippen LogP contribution in [0, 0.1) is 0 Å². The summed E-state index contributed by atoms with van der Waals surface area (Å²) in [6, 6.07) is 22.5. The largest absolute Gasteiger partial charge is 0.514 e. The van der Waals surface area contributed by atoms with Gasteiger partial charge in [-0.1, -0.05) is 82.2 Å². The second-order valence-electron chi connectivity index (χ2n) is 11.4. The number of likely N-dealkylation sites (tertiary alicyclic amines) is 1. The maximum Gasteiger partial charge on any atom is 0.514 e. The normalized spacial score (nSPS) is 13.1. The fraction of sp³-hybridized carbons (Fsp3) is 0.432. The van der Waals surface area contributed by atoms with Crippen molar-refractivity contribution >= 4 is 18.2 Å². The predicted molar refractivity (Wildman–Crippen MR) is 174 cm³/mol. The zero-order valence-electron chi connectivity index (χ0n) is 26.7. The number of benzene rings is 3. The van der Waals surface area contributed by atoms with Crippen molar-refractivity contribution in [2.45, 2.75) is 83.8 Å². The van der Waals surface area contributed by atoms with Gasteiger partial charge in [-0.3, -0.25) is 0 Å². The van der Waals surface area contributed by atoms with Gasteiger partial charge < -0.3 is 28.6 Å². The van der Waals surface area contributed by atoms with Gasteiger partial charge in [0.15, 0.2) is 0 Å². The second kappa shape index (κ2) is 19.1. The minimum Gasteiger partial charge on any atom is -0.494 e. The molecule has 0 saturated carbocycles. The van der Waals surface area contributed by atoms with E-state index in [1.54, 1.807) is 41.3 Å². The maximum atomic E-state index is 12.6. The molecule has 0 unspecified atom stereocenters. The van der Waals surface area contributed by atoms with Gasteiger partial charge in [0.05, 0.1) is 12.2 Å². The highest BCUT2D eigenvalue weighted by Gasteiger charge is 2.27. The summed E-state index contributed by atoms with van der Waals surface area (Å²) in [6.45, 7) is 3.94. The number of carbonyl (C=O) groups is 3. The lowest BCUT2D eigenvalue weighted by Gasteiger charge is -2.30. The van der Waals surface area contributed by atoms with Gasteiger partial charge in [0, 0.05) is 25.9 Å². The zero-order chi connectivity index (χ0) is 32.4. The highest BCUT2D eigenvalue weighted by molar-refractivity contribution is 5.91. The molecule has 46 heavy (non-hydrogen) atoms. The van der Waals surface area contributed by atoms with Crippen LogP contribution in [0.25, 0.3) is 0 Å². The van der Waals surface area contributed by atoms with Crippen molar-refractivity contribution in [3.8, 4) is 17.2 Å². The summed E-state index contributed by atoms with van der Waals surface area (Å²) in [4.78, 5) is 38.9. The summed E-state index contributed by atoms with van der Waals surface area (Å²) in [5, 5.41) is 0. The van der Waals surface area contributed by atoms with Gasteiger partial charge in [-0.2, -0.15) is 0 Å². The van der Waals surface area contributed by atoms with Crippen LogP contribution in [-0.4, -0.2) is 48.9 Å². The number of carbonyl (C=O) groups excluding carboxylic acids is 3. The lowest BCUT2D eigenvalue weighted by atomic mass is 10.1. The number of esters is 1. The minimum atomic E-state index is -0.834. The first kappa shape index (κ1) is 34.3. The number of amides is 1. The molecule has 1 heterocycles. The summed E-state index contributed by atoms with van der Waals surface area (Å²) < 4.78 is 27.4. The van der Waals surface area contributed by atoms with E-state index in [2.05, 4.69) is 6.92 Å². The van der Waals surface area contributed by atoms with E-state index in [0.717, 1.165) is 24.2 Å². The van der Waals surface area contributed by atoms with Crippen LogP contribution in [-0.2, 0) is 16.1 Å². The maximum absolute atomic E-state index is 12.6. The SMILES string of the molecule is CCCCCCCCCCOc1ccc(C(=O)Oc2ccc(OC(=O)OC3CCN(C(=O)OCc4ccccc4)CC3)cc2)cc1.